The van der Waals surface area contributed by atoms with Gasteiger partial charge in [-0.25, -0.2) is 0 Å². The van der Waals surface area contributed by atoms with Crippen LogP contribution >= 0.6 is 0 Å². The molecular formula is C12H14N2O4. The number of ether oxygens (including phenoxy) is 2. The Morgan fingerprint density at radius 1 is 1.22 bits per heavy atom. The summed E-state index contributed by atoms with van der Waals surface area (Å²) in [6.07, 6.45) is -0.645. The first-order valence-corrected chi connectivity index (χ1v) is 5.40. The van der Waals surface area contributed by atoms with E-state index in [0.29, 0.717) is 11.3 Å². The van der Waals surface area contributed by atoms with Gasteiger partial charge in [-0.15, -0.1) is 0 Å². The molecule has 2 rings (SSSR count). The van der Waals surface area contributed by atoms with Crippen molar-refractivity contribution in [3.63, 3.8) is 0 Å². The highest BCUT2D eigenvalue weighted by Crippen LogP contribution is 2.27. The van der Waals surface area contributed by atoms with Crippen LogP contribution in [-0.4, -0.2) is 43.8 Å². The van der Waals surface area contributed by atoms with E-state index in [-0.39, 0.29) is 18.0 Å². The zero-order valence-corrected chi connectivity index (χ0v) is 10.2. The Bertz CT molecular complexity index is 497. The van der Waals surface area contributed by atoms with Crippen molar-refractivity contribution in [3.05, 3.63) is 29.3 Å². The van der Waals surface area contributed by atoms with Gasteiger partial charge in [-0.3, -0.25) is 14.5 Å². The second-order valence-corrected chi connectivity index (χ2v) is 3.89. The van der Waals surface area contributed by atoms with Crippen molar-refractivity contribution in [1.29, 1.82) is 0 Å². The number of nitrogens with two attached hydrogens (primary N) is 1. The van der Waals surface area contributed by atoms with Gasteiger partial charge in [-0.1, -0.05) is 6.07 Å². The molecule has 0 saturated carbocycles. The molecule has 6 nitrogen and oxygen atoms in total. The van der Waals surface area contributed by atoms with Crippen molar-refractivity contribution in [1.82, 2.24) is 4.90 Å². The third kappa shape index (κ3) is 1.85. The van der Waals surface area contributed by atoms with E-state index in [4.69, 9.17) is 15.2 Å². The quantitative estimate of drug-likeness (QED) is 0.477. The highest BCUT2D eigenvalue weighted by molar-refractivity contribution is 6.23. The molecular weight excluding hydrogens is 236 g/mol. The van der Waals surface area contributed by atoms with Crippen LogP contribution in [0.3, 0.4) is 0 Å². The Morgan fingerprint density at radius 2 is 1.89 bits per heavy atom. The van der Waals surface area contributed by atoms with Crippen molar-refractivity contribution < 1.29 is 19.1 Å². The fraction of sp³-hybridized carbons (Fsp3) is 0.333. The summed E-state index contributed by atoms with van der Waals surface area (Å²) in [5.74, 6) is -0.784. The maximum atomic E-state index is 12.1. The number of benzene rings is 1. The van der Waals surface area contributed by atoms with Crippen LogP contribution in [0.25, 0.3) is 0 Å². The van der Waals surface area contributed by atoms with Crippen molar-refractivity contribution in [2.45, 2.75) is 6.29 Å². The van der Waals surface area contributed by atoms with Crippen molar-refractivity contribution in [2.24, 2.45) is 0 Å². The molecule has 1 aliphatic heterocycles. The summed E-state index contributed by atoms with van der Waals surface area (Å²) in [6, 6.07) is 4.82. The fourth-order valence-electron chi connectivity index (χ4n) is 1.92. The van der Waals surface area contributed by atoms with Crippen molar-refractivity contribution >= 4 is 17.5 Å². The van der Waals surface area contributed by atoms with Crippen molar-refractivity contribution in [2.75, 3.05) is 26.5 Å². The van der Waals surface area contributed by atoms with E-state index < -0.39 is 12.2 Å². The molecule has 1 aliphatic rings. The summed E-state index contributed by atoms with van der Waals surface area (Å²) in [5, 5.41) is 0. The van der Waals surface area contributed by atoms with E-state index in [0.717, 1.165) is 4.90 Å². The number of rotatable bonds is 4. The molecule has 2 N–H and O–H groups in total. The minimum absolute atomic E-state index is 0.0405. The molecule has 1 heterocycles. The fourth-order valence-corrected chi connectivity index (χ4v) is 1.92. The summed E-state index contributed by atoms with van der Waals surface area (Å²) in [6.45, 7) is 0.0405. The van der Waals surface area contributed by atoms with Crippen LogP contribution in [-0.2, 0) is 9.47 Å². The van der Waals surface area contributed by atoms with Gasteiger partial charge in [0.2, 0.25) is 0 Å². The molecule has 0 aliphatic carbocycles. The van der Waals surface area contributed by atoms with Crippen LogP contribution in [0.4, 0.5) is 5.69 Å². The predicted octanol–water partition coefficient (Wildman–Crippen LogP) is 0.484. The third-order valence-corrected chi connectivity index (χ3v) is 2.89. The van der Waals surface area contributed by atoms with Gasteiger partial charge in [0.15, 0.2) is 6.29 Å². The lowest BCUT2D eigenvalue weighted by atomic mass is 10.1. The Morgan fingerprint density at radius 3 is 2.44 bits per heavy atom. The standard InChI is InChI=1S/C12H14N2O4/c1-17-9(18-2)6-14-11(15)7-4-3-5-8(13)10(7)12(14)16/h3-5,9H,6,13H2,1-2H3. The minimum atomic E-state index is -0.645. The average molecular weight is 250 g/mol. The lowest BCUT2D eigenvalue weighted by Gasteiger charge is -2.19. The number of methoxy groups -OCH3 is 2. The highest BCUT2D eigenvalue weighted by Gasteiger charge is 2.38. The normalized spacial score (nSPS) is 14.5. The summed E-state index contributed by atoms with van der Waals surface area (Å²) in [4.78, 5) is 25.3. The number of fused-ring (bicyclic) bond motifs is 1. The van der Waals surface area contributed by atoms with Crippen LogP contribution in [0.1, 0.15) is 20.7 Å². The highest BCUT2D eigenvalue weighted by atomic mass is 16.7. The number of carbonyl (C=O) groups excluding carboxylic acids is 2. The molecule has 0 atom stereocenters. The molecule has 0 fully saturated rings. The number of anilines is 1. The molecule has 18 heavy (non-hydrogen) atoms. The number of imide groups is 1. The molecule has 1 aromatic carbocycles. The van der Waals surface area contributed by atoms with Crippen LogP contribution < -0.4 is 5.73 Å². The average Bonchev–Trinajstić information content (AvgIpc) is 2.61. The molecule has 0 unspecified atom stereocenters. The number of carbonyl (C=O) groups is 2. The summed E-state index contributed by atoms with van der Waals surface area (Å²) in [7, 11) is 2.89. The van der Waals surface area contributed by atoms with E-state index in [1.54, 1.807) is 18.2 Å². The number of amides is 2. The maximum absolute atomic E-state index is 12.1. The van der Waals surface area contributed by atoms with Crippen LogP contribution in [0.2, 0.25) is 0 Å². The van der Waals surface area contributed by atoms with E-state index in [2.05, 4.69) is 0 Å². The smallest absolute Gasteiger partial charge is 0.263 e. The van der Waals surface area contributed by atoms with E-state index in [1.165, 1.54) is 14.2 Å². The largest absolute Gasteiger partial charge is 0.398 e. The Balaban J connectivity index is 2.31. The van der Waals surface area contributed by atoms with Crippen molar-refractivity contribution in [3.8, 4) is 0 Å². The number of hydrogen-bond acceptors (Lipinski definition) is 5. The van der Waals surface area contributed by atoms with Gasteiger partial charge in [0, 0.05) is 19.9 Å². The second-order valence-electron chi connectivity index (χ2n) is 3.89. The van der Waals surface area contributed by atoms with Gasteiger partial charge in [0.1, 0.15) is 0 Å². The van der Waals surface area contributed by atoms with Crippen LogP contribution in [0.5, 0.6) is 0 Å². The predicted molar refractivity (Wildman–Crippen MR) is 64.0 cm³/mol. The third-order valence-electron chi connectivity index (χ3n) is 2.89. The minimum Gasteiger partial charge on any atom is -0.398 e. The summed E-state index contributed by atoms with van der Waals surface area (Å²) in [5.41, 5.74) is 6.61. The van der Waals surface area contributed by atoms with Gasteiger partial charge in [0.05, 0.1) is 17.7 Å². The zero-order chi connectivity index (χ0) is 13.3. The number of hydrogen-bond donors (Lipinski definition) is 1. The molecule has 2 amide bonds. The molecule has 0 aromatic heterocycles. The van der Waals surface area contributed by atoms with E-state index in [9.17, 15) is 9.59 Å². The van der Waals surface area contributed by atoms with E-state index in [1.807, 2.05) is 0 Å². The van der Waals surface area contributed by atoms with E-state index >= 15 is 0 Å². The van der Waals surface area contributed by atoms with Gasteiger partial charge in [-0.05, 0) is 12.1 Å². The lowest BCUT2D eigenvalue weighted by molar-refractivity contribution is -0.108. The summed E-state index contributed by atoms with van der Waals surface area (Å²) < 4.78 is 9.98. The summed E-state index contributed by atoms with van der Waals surface area (Å²) >= 11 is 0. The van der Waals surface area contributed by atoms with Crippen LogP contribution in [0, 0.1) is 0 Å². The van der Waals surface area contributed by atoms with Crippen LogP contribution in [0.15, 0.2) is 18.2 Å². The maximum Gasteiger partial charge on any atom is 0.263 e. The first kappa shape index (κ1) is 12.5. The topological polar surface area (TPSA) is 81.9 Å². The molecule has 0 radical (unpaired) electrons. The van der Waals surface area contributed by atoms with Gasteiger partial charge in [-0.2, -0.15) is 0 Å². The Hall–Kier alpha value is -1.92. The molecule has 0 spiro atoms. The van der Waals surface area contributed by atoms with Gasteiger partial charge < -0.3 is 15.2 Å². The Kier molecular flexibility index (Phi) is 3.31. The monoisotopic (exact) mass is 250 g/mol. The van der Waals surface area contributed by atoms with Gasteiger partial charge >= 0.3 is 0 Å². The second kappa shape index (κ2) is 4.75. The SMILES string of the molecule is COC(CN1C(=O)c2cccc(N)c2C1=O)OC. The first-order valence-electron chi connectivity index (χ1n) is 5.40. The molecule has 0 saturated heterocycles. The molecule has 96 valence electrons. The number of nitrogens with zero attached hydrogens (tertiary/aromatic N) is 1. The molecule has 0 bridgehead atoms. The number of nitrogen functional groups attached to an aromatic ring is 1. The molecule has 6 heteroatoms. The zero-order valence-electron chi connectivity index (χ0n) is 10.2. The molecule has 1 aromatic rings. The lowest BCUT2D eigenvalue weighted by Crippen LogP contribution is -2.38. The first-order chi connectivity index (χ1) is 8.60. The Labute approximate surface area is 104 Å². The van der Waals surface area contributed by atoms with Gasteiger partial charge in [0.25, 0.3) is 11.8 Å².